The van der Waals surface area contributed by atoms with E-state index in [-0.39, 0.29) is 43.7 Å². The molecule has 0 spiro atoms. The zero-order valence-corrected chi connectivity index (χ0v) is 33.2. The number of aromatic nitrogens is 2. The molecule has 2 heterocycles. The first-order valence-electron chi connectivity index (χ1n) is 18.2. The highest BCUT2D eigenvalue weighted by molar-refractivity contribution is 7.44. The lowest BCUT2D eigenvalue weighted by Crippen LogP contribution is -2.39. The summed E-state index contributed by atoms with van der Waals surface area (Å²) in [5.41, 5.74) is 0.314. The van der Waals surface area contributed by atoms with Crippen molar-refractivity contribution in [3.05, 3.63) is 128 Å². The van der Waals surface area contributed by atoms with Gasteiger partial charge >= 0.3 is 5.69 Å². The number of H-pyrrole nitrogens is 1. The molecule has 1 aromatic heterocycles. The van der Waals surface area contributed by atoms with Crippen LogP contribution in [0.4, 0.5) is 0 Å². The topological polar surface area (TPSA) is 137 Å². The fraction of sp³-hybridized carbons (Fsp3) is 0.405. The molecule has 4 unspecified atom stereocenters. The number of benzene rings is 3. The highest BCUT2D eigenvalue weighted by Crippen LogP contribution is 2.50. The van der Waals surface area contributed by atoms with E-state index in [1.54, 1.807) is 21.1 Å². The Labute approximate surface area is 323 Å². The highest BCUT2D eigenvalue weighted by Gasteiger charge is 2.45. The summed E-state index contributed by atoms with van der Waals surface area (Å²) in [5.74, 6) is 6.89. The first-order valence-corrected chi connectivity index (χ1v) is 19.4. The summed E-state index contributed by atoms with van der Waals surface area (Å²) in [6, 6.07) is 27.6. The third-order valence-electron chi connectivity index (χ3n) is 9.24. The molecular formula is C42H49N4O8P. The molecule has 3 aromatic carbocycles. The monoisotopic (exact) mass is 768 g/mol. The van der Waals surface area contributed by atoms with Gasteiger partial charge in [0.1, 0.15) is 35.0 Å². The number of ether oxygens (including phenoxy) is 4. The number of nitrogens with one attached hydrogen (secondary N) is 1. The Kier molecular flexibility index (Phi) is 14.4. The van der Waals surface area contributed by atoms with Crippen LogP contribution in [0.1, 0.15) is 75.9 Å². The highest BCUT2D eigenvalue weighted by atomic mass is 31.2. The van der Waals surface area contributed by atoms with Crippen molar-refractivity contribution in [1.29, 1.82) is 5.26 Å². The van der Waals surface area contributed by atoms with Gasteiger partial charge in [-0.05, 0) is 75.6 Å². The van der Waals surface area contributed by atoms with E-state index in [4.69, 9.17) is 28.0 Å². The molecule has 0 saturated carbocycles. The van der Waals surface area contributed by atoms with Gasteiger partial charge in [-0.25, -0.2) is 9.46 Å². The van der Waals surface area contributed by atoms with Gasteiger partial charge in [-0.1, -0.05) is 60.5 Å². The van der Waals surface area contributed by atoms with Crippen LogP contribution >= 0.6 is 8.53 Å². The first kappa shape index (κ1) is 41.4. The molecule has 0 amide bonds. The number of nitrogens with zero attached hydrogens (tertiary/aromatic N) is 3. The Morgan fingerprint density at radius 1 is 0.927 bits per heavy atom. The van der Waals surface area contributed by atoms with E-state index >= 15 is 0 Å². The number of hydrogen-bond acceptors (Lipinski definition) is 10. The van der Waals surface area contributed by atoms with E-state index in [9.17, 15) is 14.9 Å². The zero-order valence-electron chi connectivity index (χ0n) is 32.4. The maximum absolute atomic E-state index is 13.3. The van der Waals surface area contributed by atoms with Crippen molar-refractivity contribution in [3.8, 4) is 29.4 Å². The van der Waals surface area contributed by atoms with E-state index in [1.165, 1.54) is 10.8 Å². The Bertz CT molecular complexity index is 2010. The van der Waals surface area contributed by atoms with Crippen LogP contribution in [0.15, 0.2) is 94.6 Å². The molecule has 1 aliphatic heterocycles. The summed E-state index contributed by atoms with van der Waals surface area (Å²) in [5, 5.41) is 9.32. The Morgan fingerprint density at radius 3 is 2.04 bits per heavy atom. The van der Waals surface area contributed by atoms with Crippen molar-refractivity contribution in [1.82, 2.24) is 14.2 Å². The van der Waals surface area contributed by atoms with Gasteiger partial charge in [0.05, 0.1) is 46.0 Å². The first-order chi connectivity index (χ1) is 26.6. The smallest absolute Gasteiger partial charge is 0.330 e. The van der Waals surface area contributed by atoms with Gasteiger partial charge in [-0.3, -0.25) is 14.3 Å². The molecule has 0 aliphatic carbocycles. The van der Waals surface area contributed by atoms with E-state index < -0.39 is 43.8 Å². The fourth-order valence-electron chi connectivity index (χ4n) is 6.75. The van der Waals surface area contributed by atoms with Crippen LogP contribution in [-0.2, 0) is 24.1 Å². The second kappa shape index (κ2) is 19.2. The molecule has 5 rings (SSSR count). The minimum Gasteiger partial charge on any atom is -0.497 e. The predicted molar refractivity (Wildman–Crippen MR) is 211 cm³/mol. The lowest BCUT2D eigenvalue weighted by atomic mass is 9.80. The number of rotatable bonds is 17. The summed E-state index contributed by atoms with van der Waals surface area (Å²) in [4.78, 5) is 28.2. The van der Waals surface area contributed by atoms with Crippen LogP contribution in [0.3, 0.4) is 0 Å². The van der Waals surface area contributed by atoms with Crippen molar-refractivity contribution in [2.45, 2.75) is 83.6 Å². The Balaban J connectivity index is 1.62. The summed E-state index contributed by atoms with van der Waals surface area (Å²) >= 11 is 0. The Hall–Kier alpha value is -4.78. The number of methoxy groups -OCH3 is 2. The molecule has 55 heavy (non-hydrogen) atoms. The predicted octanol–water partition coefficient (Wildman–Crippen LogP) is 6.88. The number of aromatic amines is 1. The molecule has 0 radical (unpaired) electrons. The third-order valence-corrected chi connectivity index (χ3v) is 11.4. The molecule has 1 N–H and O–H groups in total. The van der Waals surface area contributed by atoms with Gasteiger partial charge in [0.25, 0.3) is 14.1 Å². The summed E-state index contributed by atoms with van der Waals surface area (Å²) in [6.45, 7) is 10.1. The molecule has 13 heteroatoms. The van der Waals surface area contributed by atoms with Crippen LogP contribution in [0.25, 0.3) is 0 Å². The molecule has 12 nitrogen and oxygen atoms in total. The second-order valence-electron chi connectivity index (χ2n) is 13.5. The fourth-order valence-corrected chi connectivity index (χ4v) is 8.50. The molecule has 4 aromatic rings. The van der Waals surface area contributed by atoms with Crippen LogP contribution in [-0.4, -0.2) is 65.9 Å². The molecule has 1 saturated heterocycles. The van der Waals surface area contributed by atoms with Crippen molar-refractivity contribution >= 4 is 8.53 Å². The van der Waals surface area contributed by atoms with E-state index in [0.29, 0.717) is 11.5 Å². The minimum atomic E-state index is -1.70. The molecule has 290 valence electrons. The van der Waals surface area contributed by atoms with Gasteiger partial charge < -0.3 is 28.0 Å². The van der Waals surface area contributed by atoms with E-state index in [1.807, 2.05) is 78.9 Å². The molecular weight excluding hydrogens is 719 g/mol. The van der Waals surface area contributed by atoms with Gasteiger partial charge in [0.2, 0.25) is 0 Å². The molecule has 0 bridgehead atoms. The largest absolute Gasteiger partial charge is 0.497 e. The lowest BCUT2D eigenvalue weighted by Gasteiger charge is -2.39. The van der Waals surface area contributed by atoms with Crippen molar-refractivity contribution in [2.24, 2.45) is 0 Å². The SMILES string of the molecule is CC#Cc1cn(C2CC(OP(OCCC#N)N(C(C)C)C(C)C)C(COC(c3ccccc3)(c3ccc(OC)cc3)c3ccc(OC)cc3)O2)c(=O)[nH]c1=O. The van der Waals surface area contributed by atoms with Gasteiger partial charge in [0.15, 0.2) is 0 Å². The maximum atomic E-state index is 13.3. The van der Waals surface area contributed by atoms with Crippen LogP contribution in [0.5, 0.6) is 11.5 Å². The standard InChI is InChI=1S/C42H49N4O8P/c1-8-13-31-27-45(41(48)44-40(31)47)39-26-37(54-55(52-25-12-24-43)46(29(2)3)30(4)5)38(53-39)28-51-42(32-14-10-9-11-15-32,33-16-20-35(49-6)21-17-33)34-18-22-36(50-7)23-19-34/h9-11,14-23,27,29-30,37-39H,12,25-26,28H2,1-7H3,(H,44,47,48). The average molecular weight is 769 g/mol. The third kappa shape index (κ3) is 9.55. The van der Waals surface area contributed by atoms with E-state index in [2.05, 4.69) is 55.3 Å². The lowest BCUT2D eigenvalue weighted by molar-refractivity contribution is -0.0925. The van der Waals surface area contributed by atoms with Crippen molar-refractivity contribution in [2.75, 3.05) is 27.4 Å². The maximum Gasteiger partial charge on any atom is 0.330 e. The average Bonchev–Trinajstić information content (AvgIpc) is 3.58. The van der Waals surface area contributed by atoms with Crippen LogP contribution in [0, 0.1) is 23.2 Å². The summed E-state index contributed by atoms with van der Waals surface area (Å²) in [6.07, 6.45) is -0.358. The van der Waals surface area contributed by atoms with Gasteiger partial charge in [-0.2, -0.15) is 5.26 Å². The summed E-state index contributed by atoms with van der Waals surface area (Å²) < 4.78 is 41.6. The minimum absolute atomic E-state index is 0.0125. The van der Waals surface area contributed by atoms with E-state index in [0.717, 1.165) is 16.7 Å². The second-order valence-corrected chi connectivity index (χ2v) is 14.9. The van der Waals surface area contributed by atoms with Gasteiger partial charge in [0, 0.05) is 24.7 Å². The molecule has 4 atom stereocenters. The van der Waals surface area contributed by atoms with Crippen molar-refractivity contribution < 1.29 is 28.0 Å². The van der Waals surface area contributed by atoms with Crippen LogP contribution in [0.2, 0.25) is 0 Å². The zero-order chi connectivity index (χ0) is 39.5. The van der Waals surface area contributed by atoms with Crippen molar-refractivity contribution in [3.63, 3.8) is 0 Å². The Morgan fingerprint density at radius 2 is 1.51 bits per heavy atom. The summed E-state index contributed by atoms with van der Waals surface area (Å²) in [7, 11) is 1.55. The number of nitriles is 1. The molecule has 1 fully saturated rings. The number of hydrogen-bond donors (Lipinski definition) is 1. The van der Waals surface area contributed by atoms with Crippen LogP contribution < -0.4 is 20.7 Å². The quantitative estimate of drug-likeness (QED) is 0.0524. The normalized spacial score (nSPS) is 17.5. The van der Waals surface area contributed by atoms with Gasteiger partial charge in [-0.15, -0.1) is 5.92 Å². The molecule has 1 aliphatic rings.